The first kappa shape index (κ1) is 36.4. The van der Waals surface area contributed by atoms with Crippen LogP contribution in [0.25, 0.3) is 28.2 Å². The Bertz CT molecular complexity index is 2470. The van der Waals surface area contributed by atoms with E-state index in [9.17, 15) is 19.5 Å². The number of aromatic carboxylic acids is 1. The van der Waals surface area contributed by atoms with Crippen LogP contribution in [0, 0.1) is 0 Å². The fourth-order valence-corrected chi connectivity index (χ4v) is 7.25. The lowest BCUT2D eigenvalue weighted by atomic mass is 10.0. The molecule has 0 saturated heterocycles. The van der Waals surface area contributed by atoms with E-state index in [1.54, 1.807) is 78.9 Å². The monoisotopic (exact) mass is 750 g/mol. The molecule has 2 amide bonds. The van der Waals surface area contributed by atoms with E-state index in [-0.39, 0.29) is 23.1 Å². The number of pyridine rings is 1. The van der Waals surface area contributed by atoms with Crippen LogP contribution < -0.4 is 24.4 Å². The van der Waals surface area contributed by atoms with Crippen LogP contribution in [0.15, 0.2) is 138 Å². The summed E-state index contributed by atoms with van der Waals surface area (Å²) in [6.07, 6.45) is 1.62. The molecule has 1 aliphatic rings. The quantitative estimate of drug-likeness (QED) is 0.125. The smallest absolute Gasteiger partial charge is 0.336 e. The van der Waals surface area contributed by atoms with Gasteiger partial charge in [0.1, 0.15) is 16.7 Å². The van der Waals surface area contributed by atoms with Gasteiger partial charge in [-0.2, -0.15) is 0 Å². The minimum atomic E-state index is -1.05. The lowest BCUT2D eigenvalue weighted by Gasteiger charge is -2.22. The minimum Gasteiger partial charge on any atom is -0.496 e. The second-order valence-electron chi connectivity index (χ2n) is 12.2. The number of benzene rings is 5. The van der Waals surface area contributed by atoms with Crippen LogP contribution in [-0.2, 0) is 9.59 Å². The largest absolute Gasteiger partial charge is 0.496 e. The average Bonchev–Trinajstić information content (AvgIpc) is 3.53. The number of amides is 2. The second-order valence-corrected chi connectivity index (χ2v) is 13.3. The third-order valence-corrected chi connectivity index (χ3v) is 10.0. The van der Waals surface area contributed by atoms with E-state index in [0.717, 1.165) is 11.8 Å². The maximum absolute atomic E-state index is 14.2. The summed E-state index contributed by atoms with van der Waals surface area (Å²) in [5, 5.41) is 12.9. The summed E-state index contributed by atoms with van der Waals surface area (Å²) < 4.78 is 16.5. The standard InChI is InChI=1S/C43H34N4O7S/c1-52-36-25-38(54-3)37(53-2)23-28(36)22-35-41(49)47(30-14-8-5-9-15-30)43(46-35)55-39(27-12-6-4-7-13-27)40(48)44-29-20-18-26(19-21-29)34-24-32(42(50)51)31-16-10-11-17-33(31)45-34/h4-25,39H,1-3H3,(H,44,48)(H,50,51)/b35-22+. The second kappa shape index (κ2) is 16.0. The molecule has 1 unspecified atom stereocenters. The van der Waals surface area contributed by atoms with Gasteiger partial charge in [-0.05, 0) is 54.1 Å². The van der Waals surface area contributed by atoms with Crippen LogP contribution in [0.5, 0.6) is 17.2 Å². The summed E-state index contributed by atoms with van der Waals surface area (Å²) in [5.41, 5.74) is 4.37. The Hall–Kier alpha value is -6.92. The summed E-state index contributed by atoms with van der Waals surface area (Å²) in [5.74, 6) is -0.409. The molecular weight excluding hydrogens is 717 g/mol. The van der Waals surface area contributed by atoms with Gasteiger partial charge in [0, 0.05) is 28.3 Å². The van der Waals surface area contributed by atoms with Crippen LogP contribution in [0.4, 0.5) is 11.4 Å². The molecule has 0 aliphatic carbocycles. The van der Waals surface area contributed by atoms with E-state index in [4.69, 9.17) is 19.2 Å². The summed E-state index contributed by atoms with van der Waals surface area (Å²) >= 11 is 1.14. The number of anilines is 2. The van der Waals surface area contributed by atoms with Crippen molar-refractivity contribution in [3.63, 3.8) is 0 Å². The van der Waals surface area contributed by atoms with Gasteiger partial charge < -0.3 is 24.6 Å². The highest BCUT2D eigenvalue weighted by Gasteiger charge is 2.36. The number of carbonyl (C=O) groups is 3. The van der Waals surface area contributed by atoms with Crippen molar-refractivity contribution in [1.82, 2.24) is 4.98 Å². The van der Waals surface area contributed by atoms with E-state index in [1.165, 1.54) is 26.2 Å². The molecule has 0 radical (unpaired) electrons. The highest BCUT2D eigenvalue weighted by atomic mass is 32.2. The van der Waals surface area contributed by atoms with E-state index >= 15 is 0 Å². The topological polar surface area (TPSA) is 140 Å². The third kappa shape index (κ3) is 7.62. The highest BCUT2D eigenvalue weighted by molar-refractivity contribution is 8.15. The summed E-state index contributed by atoms with van der Waals surface area (Å²) in [6.45, 7) is 0. The zero-order valence-electron chi connectivity index (χ0n) is 29.9. The fourth-order valence-electron chi connectivity index (χ4n) is 6.13. The predicted molar refractivity (Wildman–Crippen MR) is 215 cm³/mol. The van der Waals surface area contributed by atoms with Gasteiger partial charge in [-0.3, -0.25) is 14.5 Å². The number of aliphatic imine (C=N–C) groups is 1. The van der Waals surface area contributed by atoms with Crippen molar-refractivity contribution in [2.24, 2.45) is 4.99 Å². The minimum absolute atomic E-state index is 0.132. The Morgan fingerprint density at radius 2 is 1.42 bits per heavy atom. The van der Waals surface area contributed by atoms with Crippen molar-refractivity contribution < 1.29 is 33.7 Å². The molecule has 1 aromatic heterocycles. The van der Waals surface area contributed by atoms with Gasteiger partial charge in [-0.1, -0.05) is 90.6 Å². The zero-order chi connectivity index (χ0) is 38.5. The molecule has 1 atom stereocenters. The molecule has 1 aliphatic heterocycles. The Morgan fingerprint density at radius 3 is 2.09 bits per heavy atom. The number of thioether (sulfide) groups is 1. The number of hydrogen-bond donors (Lipinski definition) is 2. The average molecular weight is 751 g/mol. The first-order chi connectivity index (χ1) is 26.8. The molecule has 2 N–H and O–H groups in total. The number of aromatic nitrogens is 1. The van der Waals surface area contributed by atoms with Gasteiger partial charge >= 0.3 is 5.97 Å². The number of methoxy groups -OCH3 is 3. The van der Waals surface area contributed by atoms with Gasteiger partial charge in [-0.15, -0.1) is 0 Å². The Labute approximate surface area is 320 Å². The van der Waals surface area contributed by atoms with E-state index in [0.29, 0.717) is 67.1 Å². The molecule has 2 heterocycles. The Kier molecular flexibility index (Phi) is 10.6. The lowest BCUT2D eigenvalue weighted by Crippen LogP contribution is -2.32. The number of ether oxygens (including phenoxy) is 3. The van der Waals surface area contributed by atoms with Crippen molar-refractivity contribution in [3.8, 4) is 28.5 Å². The molecular formula is C43H34N4O7S. The lowest BCUT2D eigenvalue weighted by molar-refractivity contribution is -0.116. The summed E-state index contributed by atoms with van der Waals surface area (Å²) in [4.78, 5) is 51.4. The first-order valence-electron chi connectivity index (χ1n) is 17.0. The zero-order valence-corrected chi connectivity index (χ0v) is 30.7. The van der Waals surface area contributed by atoms with Crippen LogP contribution in [0.2, 0.25) is 0 Å². The molecule has 274 valence electrons. The maximum Gasteiger partial charge on any atom is 0.336 e. The molecule has 11 nitrogen and oxygen atoms in total. The van der Waals surface area contributed by atoms with Gasteiger partial charge in [0.05, 0.1) is 43.8 Å². The van der Waals surface area contributed by atoms with Gasteiger partial charge in [-0.25, -0.2) is 14.8 Å². The number of nitrogens with one attached hydrogen (secondary N) is 1. The number of fused-ring (bicyclic) bond motifs is 1. The van der Waals surface area contributed by atoms with Crippen molar-refractivity contribution >= 4 is 63.1 Å². The number of carboxylic acid groups (broad SMARTS) is 1. The number of carbonyl (C=O) groups excluding carboxylic acids is 2. The van der Waals surface area contributed by atoms with Crippen molar-refractivity contribution in [1.29, 1.82) is 0 Å². The Morgan fingerprint density at radius 1 is 0.782 bits per heavy atom. The van der Waals surface area contributed by atoms with Crippen LogP contribution in [0.1, 0.15) is 26.7 Å². The van der Waals surface area contributed by atoms with Gasteiger partial charge in [0.2, 0.25) is 5.91 Å². The van der Waals surface area contributed by atoms with Crippen LogP contribution in [0.3, 0.4) is 0 Å². The van der Waals surface area contributed by atoms with E-state index < -0.39 is 11.2 Å². The molecule has 0 bridgehead atoms. The van der Waals surface area contributed by atoms with Crippen LogP contribution >= 0.6 is 11.8 Å². The van der Waals surface area contributed by atoms with Crippen molar-refractivity contribution in [2.45, 2.75) is 5.25 Å². The van der Waals surface area contributed by atoms with Crippen molar-refractivity contribution in [2.75, 3.05) is 31.5 Å². The Balaban J connectivity index is 1.21. The molecule has 0 fully saturated rings. The summed E-state index contributed by atoms with van der Waals surface area (Å²) in [6, 6.07) is 37.4. The van der Waals surface area contributed by atoms with E-state index in [2.05, 4.69) is 10.3 Å². The van der Waals surface area contributed by atoms with Crippen LogP contribution in [-0.4, -0.2) is 54.4 Å². The number of hydrogen-bond acceptors (Lipinski definition) is 9. The fraction of sp³-hybridized carbons (Fsp3) is 0.0930. The molecule has 7 rings (SSSR count). The molecule has 0 saturated carbocycles. The molecule has 12 heteroatoms. The molecule has 5 aromatic carbocycles. The third-order valence-electron chi connectivity index (χ3n) is 8.83. The van der Waals surface area contributed by atoms with Gasteiger partial charge in [0.15, 0.2) is 16.7 Å². The predicted octanol–water partition coefficient (Wildman–Crippen LogP) is 8.48. The number of rotatable bonds is 11. The highest BCUT2D eigenvalue weighted by Crippen LogP contribution is 2.40. The number of nitrogens with zero attached hydrogens (tertiary/aromatic N) is 3. The molecule has 0 spiro atoms. The number of para-hydroxylation sites is 2. The maximum atomic E-state index is 14.2. The SMILES string of the molecule is COc1cc(OC)c(OC)cc1/C=C1/N=C(SC(C(=O)Nc2ccc(-c3cc(C(=O)O)c4ccccc4n3)cc2)c2ccccc2)N(c2ccccc2)C1=O. The van der Waals surface area contributed by atoms with Crippen molar-refractivity contribution in [3.05, 3.63) is 150 Å². The normalized spacial score (nSPS) is 13.7. The molecule has 55 heavy (non-hydrogen) atoms. The van der Waals surface area contributed by atoms with Gasteiger partial charge in [0.25, 0.3) is 5.91 Å². The number of amidine groups is 1. The number of carboxylic acids is 1. The summed E-state index contributed by atoms with van der Waals surface area (Å²) in [7, 11) is 4.57. The first-order valence-corrected chi connectivity index (χ1v) is 17.9. The van der Waals surface area contributed by atoms with E-state index in [1.807, 2.05) is 54.6 Å². The molecule has 6 aromatic rings.